The molecule has 0 aromatic heterocycles. The summed E-state index contributed by atoms with van der Waals surface area (Å²) in [5, 5.41) is 3.08. The monoisotopic (exact) mass is 230 g/mol. The highest BCUT2D eigenvalue weighted by atomic mass is 19.1. The molecule has 0 heterocycles. The first-order valence-corrected chi connectivity index (χ1v) is 5.47. The van der Waals surface area contributed by atoms with Gasteiger partial charge in [-0.25, -0.2) is 4.39 Å². The van der Waals surface area contributed by atoms with Crippen LogP contribution in [0.2, 0.25) is 0 Å². The Morgan fingerprint density at radius 1 is 0.941 bits per heavy atom. The highest BCUT2D eigenvalue weighted by Crippen LogP contribution is 2.29. The van der Waals surface area contributed by atoms with Gasteiger partial charge in [-0.3, -0.25) is 0 Å². The average molecular weight is 230 g/mol. The van der Waals surface area contributed by atoms with Crippen LogP contribution in [0.5, 0.6) is 0 Å². The summed E-state index contributed by atoms with van der Waals surface area (Å²) in [5.74, 6) is -0.271. The number of benzene rings is 2. The Morgan fingerprint density at radius 3 is 2.12 bits per heavy atom. The van der Waals surface area contributed by atoms with Gasteiger partial charge in [-0.05, 0) is 37.1 Å². The van der Waals surface area contributed by atoms with Gasteiger partial charge in [0.2, 0.25) is 0 Å². The first-order chi connectivity index (χ1) is 8.09. The third-order valence-corrected chi connectivity index (χ3v) is 2.78. The van der Waals surface area contributed by atoms with Gasteiger partial charge < -0.3 is 11.1 Å². The Morgan fingerprint density at radius 2 is 1.53 bits per heavy atom. The van der Waals surface area contributed by atoms with Crippen LogP contribution in [0, 0.1) is 19.7 Å². The fourth-order valence-corrected chi connectivity index (χ4v) is 1.78. The maximum atomic E-state index is 13.7. The van der Waals surface area contributed by atoms with Crippen LogP contribution >= 0.6 is 0 Å². The number of nitrogens with one attached hydrogen (secondary N) is 1. The van der Waals surface area contributed by atoms with Crippen molar-refractivity contribution in [1.82, 2.24) is 0 Å². The third kappa shape index (κ3) is 2.23. The van der Waals surface area contributed by atoms with E-state index in [1.54, 1.807) is 12.1 Å². The van der Waals surface area contributed by atoms with E-state index >= 15 is 0 Å². The summed E-state index contributed by atoms with van der Waals surface area (Å²) in [5.41, 5.74) is 9.59. The van der Waals surface area contributed by atoms with Crippen molar-refractivity contribution in [2.45, 2.75) is 13.8 Å². The van der Waals surface area contributed by atoms with Gasteiger partial charge in [0.1, 0.15) is 5.82 Å². The molecule has 3 N–H and O–H groups in total. The summed E-state index contributed by atoms with van der Waals surface area (Å²) < 4.78 is 13.7. The molecule has 0 amide bonds. The predicted octanol–water partition coefficient (Wildman–Crippen LogP) is 3.77. The molecule has 0 bridgehead atoms. The Kier molecular flexibility index (Phi) is 3.00. The second kappa shape index (κ2) is 4.45. The van der Waals surface area contributed by atoms with E-state index in [1.165, 1.54) is 6.07 Å². The van der Waals surface area contributed by atoms with Crippen LogP contribution in [0.25, 0.3) is 0 Å². The number of halogens is 1. The van der Waals surface area contributed by atoms with Crippen molar-refractivity contribution in [2.24, 2.45) is 0 Å². The minimum atomic E-state index is -0.271. The van der Waals surface area contributed by atoms with Gasteiger partial charge in [0, 0.05) is 0 Å². The number of nitrogen functional groups attached to an aromatic ring is 1. The zero-order chi connectivity index (χ0) is 12.4. The molecule has 0 spiro atoms. The van der Waals surface area contributed by atoms with Gasteiger partial charge in [0.25, 0.3) is 0 Å². The predicted molar refractivity (Wildman–Crippen MR) is 70.0 cm³/mol. The van der Waals surface area contributed by atoms with Crippen LogP contribution in [-0.4, -0.2) is 0 Å². The summed E-state index contributed by atoms with van der Waals surface area (Å²) in [7, 11) is 0. The smallest absolute Gasteiger partial charge is 0.146 e. The minimum Gasteiger partial charge on any atom is -0.397 e. The summed E-state index contributed by atoms with van der Waals surface area (Å²) in [6, 6.07) is 10.6. The lowest BCUT2D eigenvalue weighted by Crippen LogP contribution is -2.01. The van der Waals surface area contributed by atoms with Gasteiger partial charge in [0.15, 0.2) is 0 Å². The lowest BCUT2D eigenvalue weighted by Gasteiger charge is -2.14. The van der Waals surface area contributed by atoms with Gasteiger partial charge >= 0.3 is 0 Å². The molecule has 0 fully saturated rings. The maximum absolute atomic E-state index is 13.7. The molecule has 2 aromatic rings. The van der Waals surface area contributed by atoms with Crippen LogP contribution in [0.15, 0.2) is 36.4 Å². The SMILES string of the molecule is Cc1cccc(N)c1Nc1c(C)cccc1F. The van der Waals surface area contributed by atoms with E-state index in [0.29, 0.717) is 11.4 Å². The molecule has 0 aliphatic heterocycles. The number of anilines is 3. The average Bonchev–Trinajstić information content (AvgIpc) is 2.27. The van der Waals surface area contributed by atoms with Crippen molar-refractivity contribution in [2.75, 3.05) is 11.1 Å². The number of aryl methyl sites for hydroxylation is 2. The molecule has 2 rings (SSSR count). The van der Waals surface area contributed by atoms with Crippen LogP contribution in [0.4, 0.5) is 21.5 Å². The molecule has 0 atom stereocenters. The van der Waals surface area contributed by atoms with Crippen LogP contribution < -0.4 is 11.1 Å². The Labute approximate surface area is 100 Å². The van der Waals surface area contributed by atoms with Crippen molar-refractivity contribution < 1.29 is 4.39 Å². The fourth-order valence-electron chi connectivity index (χ4n) is 1.78. The molecule has 0 aliphatic carbocycles. The van der Waals surface area contributed by atoms with Crippen molar-refractivity contribution >= 4 is 17.1 Å². The third-order valence-electron chi connectivity index (χ3n) is 2.78. The molecule has 0 aliphatic rings. The number of para-hydroxylation sites is 2. The molecule has 0 unspecified atom stereocenters. The normalized spacial score (nSPS) is 10.3. The van der Waals surface area contributed by atoms with Gasteiger partial charge in [-0.15, -0.1) is 0 Å². The lowest BCUT2D eigenvalue weighted by atomic mass is 10.1. The molecular formula is C14H15FN2. The second-order valence-electron chi connectivity index (χ2n) is 4.10. The van der Waals surface area contributed by atoms with Crippen LogP contribution in [-0.2, 0) is 0 Å². The van der Waals surface area contributed by atoms with E-state index < -0.39 is 0 Å². The highest BCUT2D eigenvalue weighted by molar-refractivity contribution is 5.76. The van der Waals surface area contributed by atoms with Crippen molar-refractivity contribution in [3.63, 3.8) is 0 Å². The highest BCUT2D eigenvalue weighted by Gasteiger charge is 2.08. The first kappa shape index (κ1) is 11.5. The summed E-state index contributed by atoms with van der Waals surface area (Å²) in [6.45, 7) is 3.80. The molecule has 0 radical (unpaired) electrons. The van der Waals surface area contributed by atoms with Gasteiger partial charge in [0.05, 0.1) is 17.1 Å². The molecule has 17 heavy (non-hydrogen) atoms. The van der Waals surface area contributed by atoms with E-state index in [4.69, 9.17) is 5.73 Å². The number of hydrogen-bond acceptors (Lipinski definition) is 2. The molecule has 88 valence electrons. The van der Waals surface area contributed by atoms with Crippen molar-refractivity contribution in [1.29, 1.82) is 0 Å². The van der Waals surface area contributed by atoms with E-state index in [-0.39, 0.29) is 5.82 Å². The van der Waals surface area contributed by atoms with E-state index in [0.717, 1.165) is 16.8 Å². The topological polar surface area (TPSA) is 38.0 Å². The van der Waals surface area contributed by atoms with E-state index in [2.05, 4.69) is 5.32 Å². The number of nitrogens with two attached hydrogens (primary N) is 1. The number of hydrogen-bond donors (Lipinski definition) is 2. The minimum absolute atomic E-state index is 0.271. The first-order valence-electron chi connectivity index (χ1n) is 5.47. The van der Waals surface area contributed by atoms with Gasteiger partial charge in [-0.1, -0.05) is 24.3 Å². The Hall–Kier alpha value is -2.03. The molecule has 0 saturated heterocycles. The maximum Gasteiger partial charge on any atom is 0.146 e. The molecule has 2 aromatic carbocycles. The van der Waals surface area contributed by atoms with Crippen molar-refractivity contribution in [3.05, 3.63) is 53.3 Å². The summed E-state index contributed by atoms with van der Waals surface area (Å²) >= 11 is 0. The van der Waals surface area contributed by atoms with E-state index in [1.807, 2.05) is 32.0 Å². The molecule has 3 heteroatoms. The lowest BCUT2D eigenvalue weighted by molar-refractivity contribution is 0.631. The number of rotatable bonds is 2. The van der Waals surface area contributed by atoms with Crippen molar-refractivity contribution in [3.8, 4) is 0 Å². The summed E-state index contributed by atoms with van der Waals surface area (Å²) in [4.78, 5) is 0. The zero-order valence-electron chi connectivity index (χ0n) is 9.92. The van der Waals surface area contributed by atoms with Gasteiger partial charge in [-0.2, -0.15) is 0 Å². The summed E-state index contributed by atoms with van der Waals surface area (Å²) in [6.07, 6.45) is 0. The quantitative estimate of drug-likeness (QED) is 0.771. The van der Waals surface area contributed by atoms with E-state index in [9.17, 15) is 4.39 Å². The Bertz CT molecular complexity index is 460. The molecule has 0 saturated carbocycles. The van der Waals surface area contributed by atoms with Crippen LogP contribution in [0.1, 0.15) is 11.1 Å². The largest absolute Gasteiger partial charge is 0.397 e. The zero-order valence-corrected chi connectivity index (χ0v) is 9.92. The Balaban J connectivity index is 2.45. The second-order valence-corrected chi connectivity index (χ2v) is 4.10. The molecular weight excluding hydrogens is 215 g/mol. The standard InChI is InChI=1S/C14H15FN2/c1-9-5-3-7-11(15)13(9)17-14-10(2)6-4-8-12(14)16/h3-8,17H,16H2,1-2H3. The van der Waals surface area contributed by atoms with Crippen LogP contribution in [0.3, 0.4) is 0 Å². The molecule has 2 nitrogen and oxygen atoms in total. The fraction of sp³-hybridized carbons (Fsp3) is 0.143.